The van der Waals surface area contributed by atoms with Crippen LogP contribution in [0.4, 0.5) is 15.9 Å². The van der Waals surface area contributed by atoms with E-state index in [0.717, 1.165) is 26.6 Å². The number of hydrogen-bond donors (Lipinski definition) is 2. The van der Waals surface area contributed by atoms with E-state index < -0.39 is 0 Å². The first-order chi connectivity index (χ1) is 12.8. The summed E-state index contributed by atoms with van der Waals surface area (Å²) in [6, 6.07) is 14.6. The third-order valence-corrected chi connectivity index (χ3v) is 5.15. The van der Waals surface area contributed by atoms with E-state index in [0.29, 0.717) is 17.3 Å². The minimum Gasteiger partial charge on any atom is -0.337 e. The molecule has 0 aliphatic rings. The van der Waals surface area contributed by atoms with E-state index in [-0.39, 0.29) is 5.82 Å². The van der Waals surface area contributed by atoms with Crippen molar-refractivity contribution in [3.63, 3.8) is 0 Å². The Balaban J connectivity index is 1.79. The van der Waals surface area contributed by atoms with Gasteiger partial charge in [-0.05, 0) is 29.6 Å². The Morgan fingerprint density at radius 1 is 1.00 bits per heavy atom. The minimum absolute atomic E-state index is 0.317. The third-order valence-electron chi connectivity index (χ3n) is 4.23. The minimum atomic E-state index is -0.317. The van der Waals surface area contributed by atoms with Gasteiger partial charge >= 0.3 is 0 Å². The van der Waals surface area contributed by atoms with Crippen molar-refractivity contribution in [2.24, 2.45) is 0 Å². The number of aromatic amines is 1. The molecule has 0 bridgehead atoms. The first-order valence-electron chi connectivity index (χ1n) is 7.98. The van der Waals surface area contributed by atoms with Crippen molar-refractivity contribution < 1.29 is 4.39 Å². The molecule has 3 heterocycles. The predicted octanol–water partition coefficient (Wildman–Crippen LogP) is 5.12. The van der Waals surface area contributed by atoms with Gasteiger partial charge in [-0.25, -0.2) is 14.4 Å². The zero-order valence-corrected chi connectivity index (χ0v) is 14.2. The van der Waals surface area contributed by atoms with Crippen LogP contribution >= 0.6 is 11.3 Å². The van der Waals surface area contributed by atoms with Gasteiger partial charge in [0.25, 0.3) is 0 Å². The summed E-state index contributed by atoms with van der Waals surface area (Å²) >= 11 is 1.57. The fraction of sp³-hybridized carbons (Fsp3) is 0. The standard InChI is InChI=1S/C19H12FN5S/c20-14-6-1-2-7-15(14)23-19-17-12(8-9-26-17)11-4-3-5-13(16(11)24-19)18-21-10-22-25-18/h1-10H,(H,23,24)(H,21,22,25). The van der Waals surface area contributed by atoms with Gasteiger partial charge in [-0.3, -0.25) is 5.10 Å². The zero-order chi connectivity index (χ0) is 17.5. The molecule has 0 unspecified atom stereocenters. The Labute approximate surface area is 151 Å². The average Bonchev–Trinajstić information content (AvgIpc) is 3.35. The molecule has 2 N–H and O–H groups in total. The molecule has 0 saturated heterocycles. The number of para-hydroxylation sites is 2. The van der Waals surface area contributed by atoms with Gasteiger partial charge in [0.1, 0.15) is 18.0 Å². The lowest BCUT2D eigenvalue weighted by Gasteiger charge is -2.11. The molecule has 126 valence electrons. The van der Waals surface area contributed by atoms with Crippen molar-refractivity contribution in [1.82, 2.24) is 20.2 Å². The maximum Gasteiger partial charge on any atom is 0.157 e. The van der Waals surface area contributed by atoms with Gasteiger partial charge in [0.15, 0.2) is 5.82 Å². The number of hydrogen-bond acceptors (Lipinski definition) is 5. The number of halogens is 1. The van der Waals surface area contributed by atoms with E-state index in [9.17, 15) is 4.39 Å². The van der Waals surface area contributed by atoms with Crippen LogP contribution in [0.5, 0.6) is 0 Å². The van der Waals surface area contributed by atoms with Crippen molar-refractivity contribution in [2.75, 3.05) is 5.32 Å². The highest BCUT2D eigenvalue weighted by molar-refractivity contribution is 7.18. The normalized spacial score (nSPS) is 11.3. The Hall–Kier alpha value is -3.32. The number of nitrogens with one attached hydrogen (secondary N) is 2. The highest BCUT2D eigenvalue weighted by Crippen LogP contribution is 2.37. The zero-order valence-electron chi connectivity index (χ0n) is 13.4. The highest BCUT2D eigenvalue weighted by atomic mass is 32.1. The molecule has 0 radical (unpaired) electrons. The highest BCUT2D eigenvalue weighted by Gasteiger charge is 2.15. The second kappa shape index (κ2) is 5.89. The summed E-state index contributed by atoms with van der Waals surface area (Å²) in [6.07, 6.45) is 1.47. The average molecular weight is 361 g/mol. The summed E-state index contributed by atoms with van der Waals surface area (Å²) in [4.78, 5) is 9.06. The Kier molecular flexibility index (Phi) is 3.39. The number of nitrogens with zero attached hydrogens (tertiary/aromatic N) is 3. The molecule has 5 aromatic rings. The van der Waals surface area contributed by atoms with Crippen LogP contribution < -0.4 is 5.32 Å². The molecular formula is C19H12FN5S. The van der Waals surface area contributed by atoms with Crippen molar-refractivity contribution in [1.29, 1.82) is 0 Å². The molecular weight excluding hydrogens is 349 g/mol. The van der Waals surface area contributed by atoms with Gasteiger partial charge < -0.3 is 5.32 Å². The van der Waals surface area contributed by atoms with E-state index in [1.807, 2.05) is 23.6 Å². The van der Waals surface area contributed by atoms with Crippen LogP contribution in [0.2, 0.25) is 0 Å². The topological polar surface area (TPSA) is 66.5 Å². The predicted molar refractivity (Wildman–Crippen MR) is 102 cm³/mol. The largest absolute Gasteiger partial charge is 0.337 e. The van der Waals surface area contributed by atoms with Crippen LogP contribution in [0.15, 0.2) is 60.2 Å². The SMILES string of the molecule is Fc1ccccc1Nc1nc2c(-c3ncn[nH]3)cccc2c2ccsc12. The van der Waals surface area contributed by atoms with E-state index in [1.54, 1.807) is 29.5 Å². The summed E-state index contributed by atoms with van der Waals surface area (Å²) in [5.41, 5.74) is 2.03. The van der Waals surface area contributed by atoms with Crippen LogP contribution in [0.3, 0.4) is 0 Å². The molecule has 7 heteroatoms. The molecule has 3 aromatic heterocycles. The quantitative estimate of drug-likeness (QED) is 0.468. The van der Waals surface area contributed by atoms with E-state index in [4.69, 9.17) is 4.98 Å². The van der Waals surface area contributed by atoms with Crippen molar-refractivity contribution >= 4 is 43.8 Å². The molecule has 0 spiro atoms. The monoisotopic (exact) mass is 361 g/mol. The van der Waals surface area contributed by atoms with Crippen molar-refractivity contribution in [3.05, 3.63) is 66.1 Å². The van der Waals surface area contributed by atoms with Gasteiger partial charge in [0.05, 0.1) is 15.9 Å². The van der Waals surface area contributed by atoms with Gasteiger partial charge in [-0.15, -0.1) is 11.3 Å². The maximum atomic E-state index is 14.1. The summed E-state index contributed by atoms with van der Waals surface area (Å²) in [5.74, 6) is 0.955. The van der Waals surface area contributed by atoms with Gasteiger partial charge in [0, 0.05) is 16.3 Å². The molecule has 5 rings (SSSR count). The number of rotatable bonds is 3. The number of fused-ring (bicyclic) bond motifs is 3. The number of thiophene rings is 1. The van der Waals surface area contributed by atoms with Gasteiger partial charge in [0.2, 0.25) is 0 Å². The number of H-pyrrole nitrogens is 1. The van der Waals surface area contributed by atoms with E-state index in [1.165, 1.54) is 12.4 Å². The summed E-state index contributed by atoms with van der Waals surface area (Å²) in [6.45, 7) is 0. The summed E-state index contributed by atoms with van der Waals surface area (Å²) in [5, 5.41) is 14.1. The van der Waals surface area contributed by atoms with Crippen LogP contribution in [0.1, 0.15) is 0 Å². The smallest absolute Gasteiger partial charge is 0.157 e. The lowest BCUT2D eigenvalue weighted by molar-refractivity contribution is 0.632. The van der Waals surface area contributed by atoms with E-state index in [2.05, 4.69) is 26.6 Å². The maximum absolute atomic E-state index is 14.1. The number of anilines is 2. The molecule has 5 nitrogen and oxygen atoms in total. The first kappa shape index (κ1) is 15.0. The van der Waals surface area contributed by atoms with Crippen LogP contribution in [-0.4, -0.2) is 20.2 Å². The fourth-order valence-corrected chi connectivity index (χ4v) is 3.90. The van der Waals surface area contributed by atoms with Crippen molar-refractivity contribution in [3.8, 4) is 11.4 Å². The third kappa shape index (κ3) is 2.33. The molecule has 0 aliphatic carbocycles. The fourth-order valence-electron chi connectivity index (χ4n) is 3.05. The first-order valence-corrected chi connectivity index (χ1v) is 8.86. The molecule has 2 aromatic carbocycles. The lowest BCUT2D eigenvalue weighted by Crippen LogP contribution is -1.98. The Morgan fingerprint density at radius 2 is 1.92 bits per heavy atom. The second-order valence-electron chi connectivity index (χ2n) is 5.76. The second-order valence-corrected chi connectivity index (χ2v) is 6.68. The molecule has 0 fully saturated rings. The van der Waals surface area contributed by atoms with Crippen molar-refractivity contribution in [2.45, 2.75) is 0 Å². The summed E-state index contributed by atoms with van der Waals surface area (Å²) in [7, 11) is 0. The van der Waals surface area contributed by atoms with E-state index >= 15 is 0 Å². The number of pyridine rings is 1. The molecule has 0 amide bonds. The van der Waals surface area contributed by atoms with Crippen LogP contribution in [0.25, 0.3) is 32.4 Å². The molecule has 26 heavy (non-hydrogen) atoms. The Bertz CT molecular complexity index is 1230. The molecule has 0 saturated carbocycles. The van der Waals surface area contributed by atoms with Crippen LogP contribution in [-0.2, 0) is 0 Å². The Morgan fingerprint density at radius 3 is 2.77 bits per heavy atom. The molecule has 0 aliphatic heterocycles. The number of aromatic nitrogens is 4. The number of benzene rings is 2. The molecule has 0 atom stereocenters. The van der Waals surface area contributed by atoms with Crippen LogP contribution in [0, 0.1) is 5.82 Å². The summed E-state index contributed by atoms with van der Waals surface area (Å²) < 4.78 is 15.1. The lowest BCUT2D eigenvalue weighted by atomic mass is 10.1. The van der Waals surface area contributed by atoms with Gasteiger partial charge in [-0.2, -0.15) is 5.10 Å². The van der Waals surface area contributed by atoms with Gasteiger partial charge in [-0.1, -0.05) is 24.3 Å².